The van der Waals surface area contributed by atoms with Crippen molar-refractivity contribution >= 4 is 22.8 Å². The predicted octanol–water partition coefficient (Wildman–Crippen LogP) is 1.93. The second-order valence-electron chi connectivity index (χ2n) is 7.75. The molecular weight excluding hydrogens is 366 g/mol. The van der Waals surface area contributed by atoms with E-state index in [0.717, 1.165) is 45.6 Å². The maximum atomic E-state index is 11.9. The number of nitrogens with zero attached hydrogens (tertiary/aromatic N) is 2. The van der Waals surface area contributed by atoms with Crippen molar-refractivity contribution in [3.63, 3.8) is 0 Å². The van der Waals surface area contributed by atoms with Crippen LogP contribution in [0.4, 0.5) is 0 Å². The van der Waals surface area contributed by atoms with Gasteiger partial charge in [-0.1, -0.05) is 25.1 Å². The highest BCUT2D eigenvalue weighted by Crippen LogP contribution is 2.22. The van der Waals surface area contributed by atoms with E-state index in [4.69, 9.17) is 4.74 Å². The summed E-state index contributed by atoms with van der Waals surface area (Å²) in [5.74, 6) is 1.16. The molecule has 1 aliphatic rings. The summed E-state index contributed by atoms with van der Waals surface area (Å²) in [6.45, 7) is 5.46. The van der Waals surface area contributed by atoms with Gasteiger partial charge < -0.3 is 25.3 Å². The summed E-state index contributed by atoms with van der Waals surface area (Å²) < 4.78 is 5.44. The van der Waals surface area contributed by atoms with Crippen LogP contribution in [0, 0.1) is 5.92 Å². The van der Waals surface area contributed by atoms with Crippen molar-refractivity contribution in [1.82, 2.24) is 20.5 Å². The van der Waals surface area contributed by atoms with E-state index in [9.17, 15) is 4.79 Å². The normalized spacial score (nSPS) is 16.9. The number of amides is 1. The van der Waals surface area contributed by atoms with Crippen LogP contribution in [-0.2, 0) is 22.4 Å². The number of aromatic nitrogens is 1. The number of hydrogen-bond acceptors (Lipinski definition) is 3. The number of aryl methyl sites for hydroxylation is 1. The fourth-order valence-electron chi connectivity index (χ4n) is 3.54. The van der Waals surface area contributed by atoms with Gasteiger partial charge in [0, 0.05) is 56.8 Å². The summed E-state index contributed by atoms with van der Waals surface area (Å²) in [6.07, 6.45) is 5.05. The number of fused-ring (bicyclic) bond motifs is 1. The van der Waals surface area contributed by atoms with Crippen molar-refractivity contribution in [2.45, 2.75) is 26.2 Å². The molecule has 3 rings (SSSR count). The third-order valence-corrected chi connectivity index (χ3v) is 5.41. The van der Waals surface area contributed by atoms with Crippen LogP contribution in [0.3, 0.4) is 0 Å². The summed E-state index contributed by atoms with van der Waals surface area (Å²) in [6, 6.07) is 6.46. The first-order valence-corrected chi connectivity index (χ1v) is 10.5. The number of benzene rings is 1. The highest BCUT2D eigenvalue weighted by molar-refractivity contribution is 5.86. The minimum absolute atomic E-state index is 0.0148. The minimum Gasteiger partial charge on any atom is -0.381 e. The molecule has 0 saturated carbocycles. The molecule has 0 spiro atoms. The number of guanidine groups is 1. The number of carbonyl (C=O) groups is 1. The molecule has 7 heteroatoms. The van der Waals surface area contributed by atoms with Gasteiger partial charge in [-0.2, -0.15) is 0 Å². The summed E-state index contributed by atoms with van der Waals surface area (Å²) in [4.78, 5) is 21.4. The second-order valence-corrected chi connectivity index (χ2v) is 7.75. The van der Waals surface area contributed by atoms with Crippen LogP contribution < -0.4 is 10.6 Å². The first kappa shape index (κ1) is 21.2. The molecular formula is C22H33N5O2. The van der Waals surface area contributed by atoms with E-state index >= 15 is 0 Å². The minimum atomic E-state index is -0.0148. The monoisotopic (exact) mass is 399 g/mol. The van der Waals surface area contributed by atoms with Gasteiger partial charge in [0.05, 0.1) is 6.61 Å². The number of likely N-dealkylation sites (N-methyl/N-ethyl adjacent to an activating group) is 1. The smallest absolute Gasteiger partial charge is 0.243 e. The van der Waals surface area contributed by atoms with Crippen molar-refractivity contribution in [3.8, 4) is 0 Å². The van der Waals surface area contributed by atoms with Gasteiger partial charge in [-0.25, -0.2) is 4.99 Å². The Morgan fingerprint density at radius 3 is 2.90 bits per heavy atom. The van der Waals surface area contributed by atoms with Gasteiger partial charge in [0.2, 0.25) is 5.91 Å². The SMILES string of the molecule is CCc1cccc2c(CCNC(=NCC(=O)N(C)C)NCC3CCOC3)c[nH]c12. The number of rotatable bonds is 8. The number of aliphatic imine (C=N–C) groups is 1. The van der Waals surface area contributed by atoms with Crippen LogP contribution in [0.15, 0.2) is 29.4 Å². The Kier molecular flexibility index (Phi) is 7.52. The quantitative estimate of drug-likeness (QED) is 0.468. The standard InChI is InChI=1S/C22H33N5O2/c1-4-17-6-5-7-19-18(13-24-21(17)19)8-10-23-22(26-14-20(28)27(2)3)25-12-16-9-11-29-15-16/h5-7,13,16,24H,4,8-12,14-15H2,1-3H3,(H2,23,25,26). The van der Waals surface area contributed by atoms with Crippen LogP contribution in [0.1, 0.15) is 24.5 Å². The fraction of sp³-hybridized carbons (Fsp3) is 0.545. The lowest BCUT2D eigenvalue weighted by atomic mass is 10.1. The predicted molar refractivity (Wildman–Crippen MR) is 117 cm³/mol. The van der Waals surface area contributed by atoms with E-state index in [1.54, 1.807) is 19.0 Å². The van der Waals surface area contributed by atoms with Gasteiger partial charge in [-0.05, 0) is 30.4 Å². The Morgan fingerprint density at radius 1 is 1.31 bits per heavy atom. The number of H-pyrrole nitrogens is 1. The van der Waals surface area contributed by atoms with Crippen molar-refractivity contribution in [1.29, 1.82) is 0 Å². The zero-order valence-corrected chi connectivity index (χ0v) is 17.8. The number of hydrogen-bond donors (Lipinski definition) is 3. The number of nitrogens with one attached hydrogen (secondary N) is 3. The molecule has 1 aliphatic heterocycles. The Labute approximate surface area is 172 Å². The molecule has 1 unspecified atom stereocenters. The molecule has 1 aromatic carbocycles. The third-order valence-electron chi connectivity index (χ3n) is 5.41. The zero-order chi connectivity index (χ0) is 20.6. The van der Waals surface area contributed by atoms with Gasteiger partial charge in [0.15, 0.2) is 5.96 Å². The van der Waals surface area contributed by atoms with E-state index in [0.29, 0.717) is 11.9 Å². The average Bonchev–Trinajstić information content (AvgIpc) is 3.39. The van der Waals surface area contributed by atoms with Crippen molar-refractivity contribution < 1.29 is 9.53 Å². The summed E-state index contributed by atoms with van der Waals surface area (Å²) >= 11 is 0. The van der Waals surface area contributed by atoms with E-state index in [1.807, 2.05) is 0 Å². The number of para-hydroxylation sites is 1. The van der Waals surface area contributed by atoms with Gasteiger partial charge in [-0.15, -0.1) is 0 Å². The topological polar surface area (TPSA) is 81.8 Å². The van der Waals surface area contributed by atoms with Crippen LogP contribution in [0.5, 0.6) is 0 Å². The Balaban J connectivity index is 1.59. The van der Waals surface area contributed by atoms with Crippen LogP contribution in [0.2, 0.25) is 0 Å². The van der Waals surface area contributed by atoms with Crippen molar-refractivity contribution in [3.05, 3.63) is 35.5 Å². The van der Waals surface area contributed by atoms with E-state index in [1.165, 1.54) is 22.0 Å². The fourth-order valence-corrected chi connectivity index (χ4v) is 3.54. The van der Waals surface area contributed by atoms with Crippen LogP contribution >= 0.6 is 0 Å². The average molecular weight is 400 g/mol. The lowest BCUT2D eigenvalue weighted by molar-refractivity contribution is -0.127. The molecule has 1 saturated heterocycles. The molecule has 0 aliphatic carbocycles. The first-order valence-electron chi connectivity index (χ1n) is 10.5. The Morgan fingerprint density at radius 2 is 2.17 bits per heavy atom. The van der Waals surface area contributed by atoms with Gasteiger partial charge in [0.25, 0.3) is 0 Å². The van der Waals surface area contributed by atoms with E-state index < -0.39 is 0 Å². The van der Waals surface area contributed by atoms with Gasteiger partial charge >= 0.3 is 0 Å². The second kappa shape index (κ2) is 10.3. The molecule has 0 bridgehead atoms. The molecule has 1 atom stereocenters. The maximum Gasteiger partial charge on any atom is 0.243 e. The van der Waals surface area contributed by atoms with E-state index in [-0.39, 0.29) is 12.5 Å². The van der Waals surface area contributed by atoms with Gasteiger partial charge in [-0.3, -0.25) is 4.79 Å². The van der Waals surface area contributed by atoms with Crippen LogP contribution in [-0.4, -0.2) is 68.7 Å². The summed E-state index contributed by atoms with van der Waals surface area (Å²) in [5, 5.41) is 8.04. The maximum absolute atomic E-state index is 11.9. The van der Waals surface area contributed by atoms with Gasteiger partial charge in [0.1, 0.15) is 6.54 Å². The molecule has 7 nitrogen and oxygen atoms in total. The molecule has 1 fully saturated rings. The highest BCUT2D eigenvalue weighted by Gasteiger charge is 2.16. The molecule has 1 amide bonds. The first-order chi connectivity index (χ1) is 14.1. The number of aromatic amines is 1. The molecule has 2 aromatic rings. The summed E-state index contributed by atoms with van der Waals surface area (Å²) in [7, 11) is 3.49. The molecule has 158 valence electrons. The Bertz CT molecular complexity index is 837. The number of ether oxygens (including phenoxy) is 1. The zero-order valence-electron chi connectivity index (χ0n) is 17.8. The van der Waals surface area contributed by atoms with Crippen LogP contribution in [0.25, 0.3) is 10.9 Å². The summed E-state index contributed by atoms with van der Waals surface area (Å²) in [5.41, 5.74) is 3.86. The lowest BCUT2D eigenvalue weighted by Gasteiger charge is -2.15. The molecule has 2 heterocycles. The molecule has 1 aromatic heterocycles. The molecule has 0 radical (unpaired) electrons. The molecule has 29 heavy (non-hydrogen) atoms. The van der Waals surface area contributed by atoms with Crippen molar-refractivity contribution in [2.75, 3.05) is 46.9 Å². The van der Waals surface area contributed by atoms with Crippen molar-refractivity contribution in [2.24, 2.45) is 10.9 Å². The third kappa shape index (κ3) is 5.73. The molecule has 3 N–H and O–H groups in total. The van der Waals surface area contributed by atoms with E-state index in [2.05, 4.69) is 51.9 Å². The number of carbonyl (C=O) groups excluding carboxylic acids is 1. The Hall–Kier alpha value is -2.54. The highest BCUT2D eigenvalue weighted by atomic mass is 16.5. The largest absolute Gasteiger partial charge is 0.381 e. The lowest BCUT2D eigenvalue weighted by Crippen LogP contribution is -2.41.